The molecule has 3 aliphatic rings. The number of hydrogen-bond donors (Lipinski definition) is 1. The Hall–Kier alpha value is -3.11. The van der Waals surface area contributed by atoms with Crippen molar-refractivity contribution in [1.82, 2.24) is 14.5 Å². The minimum absolute atomic E-state index is 0.0959. The van der Waals surface area contributed by atoms with Crippen LogP contribution in [0.5, 0.6) is 11.5 Å². The monoisotopic (exact) mass is 513 g/mol. The summed E-state index contributed by atoms with van der Waals surface area (Å²) in [6, 6.07) is 11.1. The van der Waals surface area contributed by atoms with Gasteiger partial charge in [-0.2, -0.15) is 4.31 Å². The lowest BCUT2D eigenvalue weighted by Crippen LogP contribution is -2.54. The predicted octanol–water partition coefficient (Wildman–Crippen LogP) is 2.55. The molecule has 5 rings (SSSR count). The number of ether oxygens (including phenoxy) is 2. The average Bonchev–Trinajstić information content (AvgIpc) is 3.59. The van der Waals surface area contributed by atoms with E-state index < -0.39 is 16.1 Å². The Kier molecular flexibility index (Phi) is 6.90. The van der Waals surface area contributed by atoms with Gasteiger partial charge in [0.2, 0.25) is 22.7 Å². The molecular weight excluding hydrogens is 482 g/mol. The molecule has 10 heteroatoms. The summed E-state index contributed by atoms with van der Waals surface area (Å²) < 4.78 is 38.5. The van der Waals surface area contributed by atoms with E-state index in [2.05, 4.69) is 5.32 Å². The molecule has 2 aromatic carbocycles. The number of rotatable bonds is 6. The van der Waals surface area contributed by atoms with Gasteiger partial charge in [0, 0.05) is 31.7 Å². The number of nitrogens with zero attached hydrogens (tertiary/aromatic N) is 2. The second-order valence-corrected chi connectivity index (χ2v) is 11.5. The lowest BCUT2D eigenvalue weighted by atomic mass is 9.89. The highest BCUT2D eigenvalue weighted by Gasteiger charge is 2.38. The summed E-state index contributed by atoms with van der Waals surface area (Å²) >= 11 is 0. The quantitative estimate of drug-likeness (QED) is 0.637. The molecule has 0 aliphatic carbocycles. The first kappa shape index (κ1) is 24.6. The Morgan fingerprint density at radius 3 is 2.31 bits per heavy atom. The van der Waals surface area contributed by atoms with Crippen molar-refractivity contribution in [2.75, 3.05) is 33.0 Å². The summed E-state index contributed by atoms with van der Waals surface area (Å²) in [6.45, 7) is 3.97. The van der Waals surface area contributed by atoms with Crippen LogP contribution in [-0.2, 0) is 14.8 Å². The standard InChI is InChI=1S/C26H31N3O6S/c1-18-4-7-21(8-5-18)36(32,33)29-14-10-19(11-15-29)24(26(31)28-12-2-3-13-28)27-25(30)20-6-9-22-23(16-20)35-17-34-22/h4-9,16,19,24H,2-3,10-15,17H2,1H3,(H,27,30). The molecule has 3 aliphatic heterocycles. The Bertz CT molecular complexity index is 1230. The molecule has 2 fully saturated rings. The first-order valence-corrected chi connectivity index (χ1v) is 13.8. The van der Waals surface area contributed by atoms with Gasteiger partial charge in [0.1, 0.15) is 6.04 Å². The number of amides is 2. The molecule has 0 radical (unpaired) electrons. The van der Waals surface area contributed by atoms with E-state index in [-0.39, 0.29) is 29.4 Å². The number of sulfonamides is 1. The summed E-state index contributed by atoms with van der Waals surface area (Å²) in [5.41, 5.74) is 1.38. The highest BCUT2D eigenvalue weighted by atomic mass is 32.2. The fourth-order valence-corrected chi connectivity index (χ4v) is 6.56. The number of nitrogens with one attached hydrogen (secondary N) is 1. The van der Waals surface area contributed by atoms with Crippen LogP contribution in [0.3, 0.4) is 0 Å². The Morgan fingerprint density at radius 2 is 1.61 bits per heavy atom. The predicted molar refractivity (Wildman–Crippen MR) is 132 cm³/mol. The fourth-order valence-electron chi connectivity index (χ4n) is 5.09. The molecule has 1 unspecified atom stereocenters. The third-order valence-corrected chi connectivity index (χ3v) is 9.15. The summed E-state index contributed by atoms with van der Waals surface area (Å²) in [5, 5.41) is 2.97. The van der Waals surface area contributed by atoms with Crippen LogP contribution in [0.25, 0.3) is 0 Å². The smallest absolute Gasteiger partial charge is 0.252 e. The third-order valence-electron chi connectivity index (χ3n) is 7.23. The maximum Gasteiger partial charge on any atom is 0.252 e. The molecule has 36 heavy (non-hydrogen) atoms. The number of carbonyl (C=O) groups is 2. The lowest BCUT2D eigenvalue weighted by Gasteiger charge is -2.36. The Balaban J connectivity index is 1.31. The van der Waals surface area contributed by atoms with Gasteiger partial charge in [-0.15, -0.1) is 0 Å². The zero-order chi connectivity index (χ0) is 25.3. The number of benzene rings is 2. The van der Waals surface area contributed by atoms with Crippen LogP contribution in [0.2, 0.25) is 0 Å². The van der Waals surface area contributed by atoms with E-state index in [0.29, 0.717) is 56.1 Å². The third kappa shape index (κ3) is 4.92. The zero-order valence-electron chi connectivity index (χ0n) is 20.3. The SMILES string of the molecule is Cc1ccc(S(=O)(=O)N2CCC(C(NC(=O)c3ccc4c(c3)OCO4)C(=O)N3CCCC3)CC2)cc1. The normalized spacial score (nSPS) is 19.3. The molecular formula is C26H31N3O6S. The number of hydrogen-bond acceptors (Lipinski definition) is 6. The van der Waals surface area contributed by atoms with Crippen molar-refractivity contribution in [3.8, 4) is 11.5 Å². The molecule has 9 nitrogen and oxygen atoms in total. The number of piperidine rings is 1. The van der Waals surface area contributed by atoms with Gasteiger partial charge in [0.25, 0.3) is 5.91 Å². The van der Waals surface area contributed by atoms with Crippen molar-refractivity contribution in [2.24, 2.45) is 5.92 Å². The van der Waals surface area contributed by atoms with Gasteiger partial charge in [-0.25, -0.2) is 8.42 Å². The number of fused-ring (bicyclic) bond motifs is 1. The maximum atomic E-state index is 13.5. The van der Waals surface area contributed by atoms with Gasteiger partial charge in [-0.1, -0.05) is 17.7 Å². The summed E-state index contributed by atoms with van der Waals surface area (Å²) in [7, 11) is -3.61. The number of likely N-dealkylation sites (tertiary alicyclic amines) is 1. The van der Waals surface area contributed by atoms with Crippen LogP contribution in [0.4, 0.5) is 0 Å². The first-order chi connectivity index (χ1) is 17.3. The van der Waals surface area contributed by atoms with Crippen LogP contribution in [0, 0.1) is 12.8 Å². The summed E-state index contributed by atoms with van der Waals surface area (Å²) in [4.78, 5) is 28.7. The van der Waals surface area contributed by atoms with Crippen LogP contribution < -0.4 is 14.8 Å². The van der Waals surface area contributed by atoms with Crippen molar-refractivity contribution < 1.29 is 27.5 Å². The largest absolute Gasteiger partial charge is 0.454 e. The van der Waals surface area contributed by atoms with Gasteiger partial charge < -0.3 is 19.7 Å². The van der Waals surface area contributed by atoms with E-state index in [4.69, 9.17) is 9.47 Å². The molecule has 2 aromatic rings. The Labute approximate surface area is 211 Å². The second-order valence-electron chi connectivity index (χ2n) is 9.61. The zero-order valence-corrected chi connectivity index (χ0v) is 21.1. The molecule has 2 saturated heterocycles. The van der Waals surface area contributed by atoms with Gasteiger partial charge >= 0.3 is 0 Å². The van der Waals surface area contributed by atoms with Crippen LogP contribution >= 0.6 is 0 Å². The minimum Gasteiger partial charge on any atom is -0.454 e. The van der Waals surface area contributed by atoms with E-state index in [1.807, 2.05) is 6.92 Å². The van der Waals surface area contributed by atoms with Gasteiger partial charge in [0.05, 0.1) is 4.90 Å². The van der Waals surface area contributed by atoms with Gasteiger partial charge in [0.15, 0.2) is 11.5 Å². The van der Waals surface area contributed by atoms with Crippen molar-refractivity contribution in [3.05, 3.63) is 53.6 Å². The van der Waals surface area contributed by atoms with Crippen molar-refractivity contribution in [2.45, 2.75) is 43.5 Å². The van der Waals surface area contributed by atoms with Crippen molar-refractivity contribution >= 4 is 21.8 Å². The molecule has 0 bridgehead atoms. The van der Waals surface area contributed by atoms with Crippen molar-refractivity contribution in [3.63, 3.8) is 0 Å². The number of carbonyl (C=O) groups excluding carboxylic acids is 2. The summed E-state index contributed by atoms with van der Waals surface area (Å²) in [5.74, 6) is 0.459. The van der Waals surface area contributed by atoms with Crippen LogP contribution in [0.15, 0.2) is 47.4 Å². The van der Waals surface area contributed by atoms with E-state index in [0.717, 1.165) is 18.4 Å². The van der Waals surface area contributed by atoms with Crippen LogP contribution in [0.1, 0.15) is 41.6 Å². The molecule has 0 spiro atoms. The van der Waals surface area contributed by atoms with E-state index in [1.54, 1.807) is 47.4 Å². The molecule has 192 valence electrons. The molecule has 1 N–H and O–H groups in total. The highest BCUT2D eigenvalue weighted by molar-refractivity contribution is 7.89. The first-order valence-electron chi connectivity index (χ1n) is 12.4. The van der Waals surface area contributed by atoms with Crippen molar-refractivity contribution in [1.29, 1.82) is 0 Å². The number of aryl methyl sites for hydroxylation is 1. The maximum absolute atomic E-state index is 13.5. The summed E-state index contributed by atoms with van der Waals surface area (Å²) in [6.07, 6.45) is 2.86. The van der Waals surface area contributed by atoms with Gasteiger partial charge in [-0.05, 0) is 68.9 Å². The highest BCUT2D eigenvalue weighted by Crippen LogP contribution is 2.33. The van der Waals surface area contributed by atoms with E-state index >= 15 is 0 Å². The molecule has 0 saturated carbocycles. The van der Waals surface area contributed by atoms with E-state index in [9.17, 15) is 18.0 Å². The lowest BCUT2D eigenvalue weighted by molar-refractivity contribution is -0.133. The Morgan fingerprint density at radius 1 is 0.944 bits per heavy atom. The van der Waals surface area contributed by atoms with Crippen LogP contribution in [-0.4, -0.2) is 68.5 Å². The van der Waals surface area contributed by atoms with Gasteiger partial charge in [-0.3, -0.25) is 9.59 Å². The molecule has 0 aromatic heterocycles. The fraction of sp³-hybridized carbons (Fsp3) is 0.462. The molecule has 1 atom stereocenters. The molecule has 2 amide bonds. The average molecular weight is 514 g/mol. The van der Waals surface area contributed by atoms with E-state index in [1.165, 1.54) is 4.31 Å². The molecule has 3 heterocycles. The topological polar surface area (TPSA) is 105 Å². The minimum atomic E-state index is -3.61. The second kappa shape index (κ2) is 10.1.